The van der Waals surface area contributed by atoms with Crippen LogP contribution in [0.15, 0.2) is 18.2 Å². The van der Waals surface area contributed by atoms with E-state index in [1.165, 1.54) is 6.07 Å². The Morgan fingerprint density at radius 3 is 2.43 bits per heavy atom. The first kappa shape index (κ1) is 16.4. The molecule has 0 aliphatic heterocycles. The fourth-order valence-corrected chi connectivity index (χ4v) is 3.11. The molecule has 0 heterocycles. The molecule has 0 unspecified atom stereocenters. The highest BCUT2D eigenvalue weighted by atomic mass is 19.2. The van der Waals surface area contributed by atoms with E-state index >= 15 is 0 Å². The van der Waals surface area contributed by atoms with E-state index in [1.807, 2.05) is 0 Å². The van der Waals surface area contributed by atoms with Crippen LogP contribution in [0, 0.1) is 23.5 Å². The molecule has 1 aromatic rings. The maximum atomic E-state index is 13.2. The lowest BCUT2D eigenvalue weighted by Crippen LogP contribution is -2.44. The molecule has 2 nitrogen and oxygen atoms in total. The molecule has 2 N–H and O–H groups in total. The molecule has 4 heteroatoms. The quantitative estimate of drug-likeness (QED) is 0.890. The number of nitrogens with two attached hydrogens (primary N) is 1. The van der Waals surface area contributed by atoms with Gasteiger partial charge in [-0.05, 0) is 55.2 Å². The summed E-state index contributed by atoms with van der Waals surface area (Å²) in [7, 11) is 0. The van der Waals surface area contributed by atoms with Crippen LogP contribution < -0.4 is 5.73 Å². The van der Waals surface area contributed by atoms with Crippen LogP contribution in [0.4, 0.5) is 8.78 Å². The van der Waals surface area contributed by atoms with Crippen molar-refractivity contribution < 1.29 is 13.5 Å². The molecule has 0 saturated heterocycles. The van der Waals surface area contributed by atoms with Gasteiger partial charge in [-0.2, -0.15) is 0 Å². The van der Waals surface area contributed by atoms with Crippen LogP contribution in [0.1, 0.15) is 45.1 Å². The van der Waals surface area contributed by atoms with Crippen LogP contribution >= 0.6 is 0 Å². The van der Waals surface area contributed by atoms with Gasteiger partial charge in [0.15, 0.2) is 11.6 Å². The number of rotatable bonds is 5. The van der Waals surface area contributed by atoms with Gasteiger partial charge in [-0.1, -0.05) is 19.9 Å². The van der Waals surface area contributed by atoms with Crippen LogP contribution in [-0.2, 0) is 11.3 Å². The Hall–Kier alpha value is -1.00. The summed E-state index contributed by atoms with van der Waals surface area (Å²) in [6.45, 7) is 5.26. The average molecular weight is 297 g/mol. The number of hydrogen-bond donors (Lipinski definition) is 1. The topological polar surface area (TPSA) is 35.2 Å². The first-order valence-electron chi connectivity index (χ1n) is 7.74. The van der Waals surface area contributed by atoms with Gasteiger partial charge in [-0.3, -0.25) is 0 Å². The SMILES string of the molecule is CC(C)C1CCC(CN)(OCc2ccc(F)c(F)c2)CC1. The minimum atomic E-state index is -0.832. The van der Waals surface area contributed by atoms with E-state index in [1.54, 1.807) is 6.07 Å². The molecule has 0 aromatic heterocycles. The number of ether oxygens (including phenoxy) is 1. The van der Waals surface area contributed by atoms with E-state index in [-0.39, 0.29) is 12.2 Å². The van der Waals surface area contributed by atoms with Crippen molar-refractivity contribution in [3.8, 4) is 0 Å². The largest absolute Gasteiger partial charge is 0.369 e. The molecule has 1 aliphatic carbocycles. The third-order valence-corrected chi connectivity index (χ3v) is 4.79. The lowest BCUT2D eigenvalue weighted by molar-refractivity contribution is -0.0841. The second-order valence-electron chi connectivity index (χ2n) is 6.51. The Morgan fingerprint density at radius 2 is 1.90 bits per heavy atom. The van der Waals surface area contributed by atoms with Gasteiger partial charge in [0, 0.05) is 6.54 Å². The minimum absolute atomic E-state index is 0.279. The van der Waals surface area contributed by atoms with Crippen LogP contribution in [0.2, 0.25) is 0 Å². The molecule has 1 aliphatic rings. The van der Waals surface area contributed by atoms with E-state index in [4.69, 9.17) is 10.5 Å². The van der Waals surface area contributed by atoms with E-state index in [9.17, 15) is 8.78 Å². The van der Waals surface area contributed by atoms with Crippen molar-refractivity contribution in [1.82, 2.24) is 0 Å². The van der Waals surface area contributed by atoms with E-state index in [2.05, 4.69) is 13.8 Å². The highest BCUT2D eigenvalue weighted by Gasteiger charge is 2.35. The molecular formula is C17H25F2NO. The molecule has 1 fully saturated rings. The van der Waals surface area contributed by atoms with Crippen LogP contribution in [0.25, 0.3) is 0 Å². The molecule has 0 atom stereocenters. The van der Waals surface area contributed by atoms with Gasteiger partial charge in [0.1, 0.15) is 0 Å². The second-order valence-corrected chi connectivity index (χ2v) is 6.51. The molecule has 0 amide bonds. The van der Waals surface area contributed by atoms with Crippen molar-refractivity contribution in [1.29, 1.82) is 0 Å². The fourth-order valence-electron chi connectivity index (χ4n) is 3.11. The van der Waals surface area contributed by atoms with Crippen LogP contribution in [0.3, 0.4) is 0 Å². The molecule has 118 valence electrons. The molecule has 21 heavy (non-hydrogen) atoms. The second kappa shape index (κ2) is 6.84. The molecule has 1 aromatic carbocycles. The zero-order valence-electron chi connectivity index (χ0n) is 12.9. The smallest absolute Gasteiger partial charge is 0.159 e. The summed E-state index contributed by atoms with van der Waals surface area (Å²) < 4.78 is 32.1. The Balaban J connectivity index is 1.95. The van der Waals surface area contributed by atoms with E-state index < -0.39 is 11.6 Å². The van der Waals surface area contributed by atoms with Crippen molar-refractivity contribution in [2.24, 2.45) is 17.6 Å². The van der Waals surface area contributed by atoms with Gasteiger partial charge in [0.05, 0.1) is 12.2 Å². The number of hydrogen-bond acceptors (Lipinski definition) is 2. The minimum Gasteiger partial charge on any atom is -0.369 e. The average Bonchev–Trinajstić information content (AvgIpc) is 2.49. The standard InChI is InChI=1S/C17H25F2NO/c1-12(2)14-5-7-17(11-20,8-6-14)21-10-13-3-4-15(18)16(19)9-13/h3-4,9,12,14H,5-8,10-11,20H2,1-2H3. The van der Waals surface area contributed by atoms with Gasteiger partial charge in [0.25, 0.3) is 0 Å². The molecule has 0 bridgehead atoms. The Kier molecular flexibility index (Phi) is 5.33. The number of halogens is 2. The molecular weight excluding hydrogens is 272 g/mol. The summed E-state index contributed by atoms with van der Waals surface area (Å²) in [5.41, 5.74) is 6.26. The Bertz CT molecular complexity index is 468. The van der Waals surface area contributed by atoms with Gasteiger partial charge < -0.3 is 10.5 Å². The van der Waals surface area contributed by atoms with Crippen LogP contribution in [-0.4, -0.2) is 12.1 Å². The summed E-state index contributed by atoms with van der Waals surface area (Å²) in [6.07, 6.45) is 4.12. The monoisotopic (exact) mass is 297 g/mol. The maximum absolute atomic E-state index is 13.2. The van der Waals surface area contributed by atoms with Gasteiger partial charge in [-0.25, -0.2) is 8.78 Å². The predicted molar refractivity (Wildman–Crippen MR) is 79.7 cm³/mol. The summed E-state index contributed by atoms with van der Waals surface area (Å²) in [5.74, 6) is -0.241. The third-order valence-electron chi connectivity index (χ3n) is 4.79. The lowest BCUT2D eigenvalue weighted by Gasteiger charge is -2.40. The summed E-state index contributed by atoms with van der Waals surface area (Å²) >= 11 is 0. The molecule has 0 radical (unpaired) electrons. The maximum Gasteiger partial charge on any atom is 0.159 e. The zero-order valence-corrected chi connectivity index (χ0v) is 12.9. The zero-order chi connectivity index (χ0) is 15.5. The number of benzene rings is 1. The Morgan fingerprint density at radius 1 is 1.24 bits per heavy atom. The van der Waals surface area contributed by atoms with Crippen molar-refractivity contribution in [3.05, 3.63) is 35.4 Å². The van der Waals surface area contributed by atoms with Crippen molar-refractivity contribution in [3.63, 3.8) is 0 Å². The first-order chi connectivity index (χ1) is 9.96. The summed E-state index contributed by atoms with van der Waals surface area (Å²) in [6, 6.07) is 3.89. The van der Waals surface area contributed by atoms with Crippen molar-refractivity contribution >= 4 is 0 Å². The fraction of sp³-hybridized carbons (Fsp3) is 0.647. The molecule has 1 saturated carbocycles. The van der Waals surface area contributed by atoms with E-state index in [0.717, 1.165) is 37.7 Å². The van der Waals surface area contributed by atoms with Crippen molar-refractivity contribution in [2.75, 3.05) is 6.54 Å². The lowest BCUT2D eigenvalue weighted by atomic mass is 9.74. The normalized spacial score (nSPS) is 26.3. The third kappa shape index (κ3) is 4.01. The van der Waals surface area contributed by atoms with Gasteiger partial charge >= 0.3 is 0 Å². The molecule has 0 spiro atoms. The van der Waals surface area contributed by atoms with Crippen molar-refractivity contribution in [2.45, 2.75) is 51.7 Å². The summed E-state index contributed by atoms with van der Waals surface area (Å²) in [5, 5.41) is 0. The summed E-state index contributed by atoms with van der Waals surface area (Å²) in [4.78, 5) is 0. The highest BCUT2D eigenvalue weighted by Crippen LogP contribution is 2.38. The Labute approximate surface area is 125 Å². The van der Waals surface area contributed by atoms with Crippen LogP contribution in [0.5, 0.6) is 0 Å². The van der Waals surface area contributed by atoms with E-state index in [0.29, 0.717) is 18.0 Å². The highest BCUT2D eigenvalue weighted by molar-refractivity contribution is 5.17. The first-order valence-corrected chi connectivity index (χ1v) is 7.74. The predicted octanol–water partition coefficient (Wildman–Crippen LogP) is 4.03. The van der Waals surface area contributed by atoms with Gasteiger partial charge in [-0.15, -0.1) is 0 Å². The van der Waals surface area contributed by atoms with Gasteiger partial charge in [0.2, 0.25) is 0 Å². The molecule has 2 rings (SSSR count).